The molecule has 2 atom stereocenters. The molecule has 188 valence electrons. The number of fused-ring (bicyclic) bond motifs is 4. The summed E-state index contributed by atoms with van der Waals surface area (Å²) in [6, 6.07) is 9.15. The zero-order valence-corrected chi connectivity index (χ0v) is 20.3. The quantitative estimate of drug-likeness (QED) is 0.455. The number of halogens is 1. The van der Waals surface area contributed by atoms with Crippen molar-refractivity contribution in [2.45, 2.75) is 50.2 Å². The van der Waals surface area contributed by atoms with E-state index in [4.69, 9.17) is 4.74 Å². The first-order chi connectivity index (χ1) is 17.3. The summed E-state index contributed by atoms with van der Waals surface area (Å²) in [6.07, 6.45) is 3.73. The average Bonchev–Trinajstić information content (AvgIpc) is 3.25. The average molecular weight is 493 g/mol. The number of aromatic amines is 1. The van der Waals surface area contributed by atoms with Crippen LogP contribution in [0.2, 0.25) is 0 Å². The lowest BCUT2D eigenvalue weighted by Gasteiger charge is -2.42. The lowest BCUT2D eigenvalue weighted by atomic mass is 9.81. The van der Waals surface area contributed by atoms with Gasteiger partial charge in [0.25, 0.3) is 5.91 Å². The Labute approximate surface area is 208 Å². The molecule has 0 bridgehead atoms. The minimum absolute atomic E-state index is 0.0599. The van der Waals surface area contributed by atoms with Crippen LogP contribution in [0.25, 0.3) is 10.9 Å². The van der Waals surface area contributed by atoms with Crippen molar-refractivity contribution in [1.29, 1.82) is 0 Å². The van der Waals surface area contributed by atoms with E-state index in [1.807, 2.05) is 6.07 Å². The van der Waals surface area contributed by atoms with Crippen LogP contribution >= 0.6 is 0 Å². The van der Waals surface area contributed by atoms with Gasteiger partial charge in [-0.1, -0.05) is 18.6 Å². The number of methoxy groups -OCH3 is 1. The summed E-state index contributed by atoms with van der Waals surface area (Å²) in [5.74, 6) is -0.573. The van der Waals surface area contributed by atoms with Crippen molar-refractivity contribution in [3.63, 3.8) is 0 Å². The number of carbonyl (C=O) groups excluding carboxylic acids is 2. The number of imide groups is 1. The van der Waals surface area contributed by atoms with E-state index in [0.29, 0.717) is 35.9 Å². The molecule has 8 nitrogen and oxygen atoms in total. The second-order valence-corrected chi connectivity index (χ2v) is 10.2. The molecule has 1 aliphatic carbocycles. The number of carbonyl (C=O) groups is 2. The largest absolute Gasteiger partial charge is 0.508 e. The molecule has 0 radical (unpaired) electrons. The van der Waals surface area contributed by atoms with Gasteiger partial charge in [-0.25, -0.2) is 9.18 Å². The number of rotatable bonds is 6. The van der Waals surface area contributed by atoms with E-state index in [1.54, 1.807) is 36.1 Å². The van der Waals surface area contributed by atoms with Crippen LogP contribution in [0.4, 0.5) is 9.18 Å². The van der Waals surface area contributed by atoms with E-state index in [0.717, 1.165) is 23.8 Å². The number of hydrogen-bond donors (Lipinski definition) is 3. The van der Waals surface area contributed by atoms with Gasteiger partial charge in [0.2, 0.25) is 0 Å². The van der Waals surface area contributed by atoms with Gasteiger partial charge < -0.3 is 20.1 Å². The van der Waals surface area contributed by atoms with Crippen LogP contribution < -0.4 is 10.1 Å². The van der Waals surface area contributed by atoms with Crippen LogP contribution in [0.3, 0.4) is 0 Å². The third-order valence-electron chi connectivity index (χ3n) is 8.00. The van der Waals surface area contributed by atoms with Gasteiger partial charge >= 0.3 is 6.03 Å². The van der Waals surface area contributed by atoms with Gasteiger partial charge in [-0.2, -0.15) is 0 Å². The Morgan fingerprint density at radius 3 is 2.75 bits per heavy atom. The van der Waals surface area contributed by atoms with E-state index in [1.165, 1.54) is 24.5 Å². The number of benzene rings is 2. The van der Waals surface area contributed by atoms with Crippen molar-refractivity contribution >= 4 is 22.8 Å². The molecule has 9 heteroatoms. The monoisotopic (exact) mass is 492 g/mol. The first-order valence-electron chi connectivity index (χ1n) is 12.4. The number of phenolic OH excluding ortho intramolecular Hbond substituents is 1. The smallest absolute Gasteiger partial charge is 0.328 e. The Morgan fingerprint density at radius 1 is 1.25 bits per heavy atom. The molecule has 3 amide bonds. The molecular formula is C27H29FN4O4. The highest BCUT2D eigenvalue weighted by molar-refractivity contribution is 6.08. The highest BCUT2D eigenvalue weighted by atomic mass is 19.1. The first-order valence-corrected chi connectivity index (χ1v) is 12.4. The van der Waals surface area contributed by atoms with Gasteiger partial charge in [-0.05, 0) is 49.1 Å². The minimum atomic E-state index is -1.13. The zero-order valence-electron chi connectivity index (χ0n) is 20.3. The number of ether oxygens (including phenoxy) is 1. The third kappa shape index (κ3) is 3.29. The van der Waals surface area contributed by atoms with Crippen LogP contribution in [0, 0.1) is 5.82 Å². The molecule has 3 N–H and O–H groups in total. The summed E-state index contributed by atoms with van der Waals surface area (Å²) in [6.45, 7) is 2.64. The van der Waals surface area contributed by atoms with Crippen LogP contribution in [0.15, 0.2) is 36.4 Å². The van der Waals surface area contributed by atoms with E-state index < -0.39 is 17.4 Å². The van der Waals surface area contributed by atoms with Crippen molar-refractivity contribution in [1.82, 2.24) is 20.1 Å². The van der Waals surface area contributed by atoms with Gasteiger partial charge in [0.15, 0.2) is 11.6 Å². The number of nitrogens with zero attached hydrogens (tertiary/aromatic N) is 2. The summed E-state index contributed by atoms with van der Waals surface area (Å²) >= 11 is 0. The van der Waals surface area contributed by atoms with Crippen molar-refractivity contribution in [2.24, 2.45) is 0 Å². The van der Waals surface area contributed by atoms with Crippen molar-refractivity contribution in [3.05, 3.63) is 59.0 Å². The number of aromatic hydroxyl groups is 1. The maximum atomic E-state index is 14.5. The fourth-order valence-electron chi connectivity index (χ4n) is 5.90. The van der Waals surface area contributed by atoms with E-state index in [9.17, 15) is 19.1 Å². The number of urea groups is 1. The Bertz CT molecular complexity index is 1380. The molecule has 3 aromatic rings. The molecule has 3 aliphatic rings. The fourth-order valence-corrected chi connectivity index (χ4v) is 5.90. The van der Waals surface area contributed by atoms with Crippen LogP contribution in [0.5, 0.6) is 11.5 Å². The lowest BCUT2D eigenvalue weighted by Crippen LogP contribution is -2.53. The van der Waals surface area contributed by atoms with Crippen LogP contribution in [0.1, 0.15) is 49.0 Å². The fraction of sp³-hybridized carbons (Fsp3) is 0.407. The number of aromatic nitrogens is 1. The summed E-state index contributed by atoms with van der Waals surface area (Å²) in [4.78, 5) is 33.9. The molecule has 2 aromatic carbocycles. The van der Waals surface area contributed by atoms with Crippen molar-refractivity contribution < 1.29 is 23.8 Å². The second-order valence-electron chi connectivity index (χ2n) is 10.2. The van der Waals surface area contributed by atoms with E-state index in [2.05, 4.69) is 10.3 Å². The van der Waals surface area contributed by atoms with Gasteiger partial charge in [0.1, 0.15) is 17.3 Å². The Kier molecular flexibility index (Phi) is 5.22. The van der Waals surface area contributed by atoms with Gasteiger partial charge in [0, 0.05) is 48.2 Å². The Balaban J connectivity index is 1.46. The van der Waals surface area contributed by atoms with Gasteiger partial charge in [0.05, 0.1) is 7.11 Å². The van der Waals surface area contributed by atoms with Crippen molar-refractivity contribution in [2.75, 3.05) is 20.2 Å². The number of phenols is 1. The standard InChI is InChI=1S/C27H29FN4O4/c1-27-14-19-18-12-22(36-2)20(28)13-21(18)30-23(19)24(15-5-3-8-17(33)11-15)32(27)26(35)31(25(27)34)10-9-29-16-6-4-7-16/h3,5,8,11-13,16,24,29-30,33H,4,6-7,9-10,14H2,1-2H3/t24-,27+/m1/s1. The molecule has 2 aliphatic heterocycles. The molecule has 3 heterocycles. The SMILES string of the molecule is COc1cc2c3c([nH]c2cc1F)[C@@H](c1cccc(O)c1)N1C(=O)N(CCNC2CCC2)C(=O)[C@]1(C)C3. The maximum Gasteiger partial charge on any atom is 0.328 e. The maximum absolute atomic E-state index is 14.5. The zero-order chi connectivity index (χ0) is 25.2. The predicted molar refractivity (Wildman–Crippen MR) is 131 cm³/mol. The van der Waals surface area contributed by atoms with E-state index >= 15 is 0 Å². The minimum Gasteiger partial charge on any atom is -0.508 e. The summed E-state index contributed by atoms with van der Waals surface area (Å²) in [5.41, 5.74) is 1.64. The van der Waals surface area contributed by atoms with Crippen LogP contribution in [-0.2, 0) is 11.2 Å². The molecule has 6 rings (SSSR count). The molecule has 0 spiro atoms. The molecule has 1 saturated carbocycles. The Hall–Kier alpha value is -3.59. The molecule has 1 saturated heterocycles. The van der Waals surface area contributed by atoms with E-state index in [-0.39, 0.29) is 29.9 Å². The third-order valence-corrected chi connectivity index (χ3v) is 8.00. The molecule has 2 fully saturated rings. The number of hydrogen-bond acceptors (Lipinski definition) is 5. The molecular weight excluding hydrogens is 463 g/mol. The van der Waals surface area contributed by atoms with Gasteiger partial charge in [-0.3, -0.25) is 14.6 Å². The normalized spacial score (nSPS) is 23.7. The van der Waals surface area contributed by atoms with Gasteiger partial charge in [-0.15, -0.1) is 0 Å². The first kappa shape index (κ1) is 22.8. The topological polar surface area (TPSA) is 97.9 Å². The molecule has 1 aromatic heterocycles. The number of amides is 3. The highest BCUT2D eigenvalue weighted by Gasteiger charge is 2.60. The predicted octanol–water partition coefficient (Wildman–Crippen LogP) is 3.83. The Morgan fingerprint density at radius 2 is 2.06 bits per heavy atom. The van der Waals surface area contributed by atoms with Crippen LogP contribution in [-0.4, -0.2) is 63.6 Å². The summed E-state index contributed by atoms with van der Waals surface area (Å²) < 4.78 is 19.8. The molecule has 36 heavy (non-hydrogen) atoms. The highest BCUT2D eigenvalue weighted by Crippen LogP contribution is 2.49. The van der Waals surface area contributed by atoms with Crippen molar-refractivity contribution in [3.8, 4) is 11.5 Å². The second kappa shape index (κ2) is 8.23. The summed E-state index contributed by atoms with van der Waals surface area (Å²) in [7, 11) is 1.41. The summed E-state index contributed by atoms with van der Waals surface area (Å²) in [5, 5.41) is 14.4. The number of H-pyrrole nitrogens is 1. The number of nitrogens with one attached hydrogen (secondary N) is 2. The molecule has 0 unspecified atom stereocenters. The lowest BCUT2D eigenvalue weighted by molar-refractivity contribution is -0.133.